The molecule has 0 heterocycles. The van der Waals surface area contributed by atoms with Gasteiger partial charge in [-0.15, -0.1) is 12.3 Å². The Bertz CT molecular complexity index is 465. The molecule has 0 aliphatic heterocycles. The molecule has 0 aliphatic carbocycles. The van der Waals surface area contributed by atoms with E-state index in [0.29, 0.717) is 17.7 Å². The van der Waals surface area contributed by atoms with Crippen molar-refractivity contribution in [2.24, 2.45) is 0 Å². The van der Waals surface area contributed by atoms with E-state index in [4.69, 9.17) is 11.7 Å². The minimum atomic E-state index is -0.308. The van der Waals surface area contributed by atoms with Crippen molar-refractivity contribution in [1.29, 1.82) is 5.26 Å². The molecule has 1 aromatic carbocycles. The molecule has 1 rings (SSSR count). The second-order valence-electron chi connectivity index (χ2n) is 3.60. The van der Waals surface area contributed by atoms with Crippen molar-refractivity contribution in [2.45, 2.75) is 19.4 Å². The van der Waals surface area contributed by atoms with Crippen LogP contribution < -0.4 is 10.6 Å². The Hall–Kier alpha value is -2.46. The first-order valence-electron chi connectivity index (χ1n) is 5.17. The molecule has 86 valence electrons. The molecule has 4 heteroatoms. The number of hydrogen-bond donors (Lipinski definition) is 2. The van der Waals surface area contributed by atoms with Crippen molar-refractivity contribution in [3.8, 4) is 18.4 Å². The third-order valence-electron chi connectivity index (χ3n) is 2.07. The molecule has 0 saturated carbocycles. The number of benzene rings is 1. The van der Waals surface area contributed by atoms with Crippen LogP contribution in [0.3, 0.4) is 0 Å². The number of nitriles is 1. The maximum absolute atomic E-state index is 11.5. The van der Waals surface area contributed by atoms with Gasteiger partial charge in [-0.05, 0) is 31.2 Å². The third-order valence-corrected chi connectivity index (χ3v) is 2.07. The quantitative estimate of drug-likeness (QED) is 0.776. The summed E-state index contributed by atoms with van der Waals surface area (Å²) in [6.45, 7) is 1.83. The van der Waals surface area contributed by atoms with Gasteiger partial charge in [-0.1, -0.05) is 0 Å². The molecule has 4 nitrogen and oxygen atoms in total. The number of carbonyl (C=O) groups excluding carboxylic acids is 1. The van der Waals surface area contributed by atoms with E-state index in [1.54, 1.807) is 24.3 Å². The number of anilines is 1. The number of terminal acetylenes is 1. The second kappa shape index (κ2) is 6.19. The molecular formula is C13H13N3O. The molecule has 0 aromatic heterocycles. The van der Waals surface area contributed by atoms with Gasteiger partial charge in [0.15, 0.2) is 0 Å². The van der Waals surface area contributed by atoms with Crippen molar-refractivity contribution in [2.75, 3.05) is 5.32 Å². The number of nitrogens with zero attached hydrogens (tertiary/aromatic N) is 1. The first kappa shape index (κ1) is 12.6. The zero-order valence-electron chi connectivity index (χ0n) is 9.53. The predicted octanol–water partition coefficient (Wildman–Crippen LogP) is 2.09. The molecule has 1 atom stereocenters. The molecular weight excluding hydrogens is 214 g/mol. The number of carbonyl (C=O) groups is 1. The fraction of sp³-hybridized carbons (Fsp3) is 0.231. The molecule has 0 radical (unpaired) electrons. The molecule has 0 aliphatic rings. The monoisotopic (exact) mass is 227 g/mol. The maximum Gasteiger partial charge on any atom is 0.319 e. The van der Waals surface area contributed by atoms with Crippen LogP contribution in [-0.2, 0) is 0 Å². The first-order valence-corrected chi connectivity index (χ1v) is 5.17. The lowest BCUT2D eigenvalue weighted by Crippen LogP contribution is -2.35. The standard InChI is InChI=1S/C13H13N3O/c1-3-4-10(2)15-13(17)16-12-7-5-11(9-14)6-8-12/h1,5-8,10H,4H2,2H3,(H2,15,16,17). The molecule has 0 spiro atoms. The number of hydrogen-bond acceptors (Lipinski definition) is 2. The van der Waals surface area contributed by atoms with E-state index in [1.165, 1.54) is 0 Å². The summed E-state index contributed by atoms with van der Waals surface area (Å²) in [6.07, 6.45) is 5.62. The summed E-state index contributed by atoms with van der Waals surface area (Å²) in [5.74, 6) is 2.47. The van der Waals surface area contributed by atoms with Crippen molar-refractivity contribution in [3.05, 3.63) is 29.8 Å². The normalized spacial score (nSPS) is 10.8. The Morgan fingerprint density at radius 3 is 2.65 bits per heavy atom. The van der Waals surface area contributed by atoms with Crippen LogP contribution in [-0.4, -0.2) is 12.1 Å². The molecule has 0 bridgehead atoms. The molecule has 17 heavy (non-hydrogen) atoms. The fourth-order valence-corrected chi connectivity index (χ4v) is 1.25. The van der Waals surface area contributed by atoms with Gasteiger partial charge in [-0.25, -0.2) is 4.79 Å². The third kappa shape index (κ3) is 4.27. The molecule has 0 fully saturated rings. The van der Waals surface area contributed by atoms with Gasteiger partial charge in [-0.3, -0.25) is 0 Å². The Morgan fingerprint density at radius 1 is 1.47 bits per heavy atom. The summed E-state index contributed by atoms with van der Waals surface area (Å²) in [5.41, 5.74) is 1.19. The summed E-state index contributed by atoms with van der Waals surface area (Å²) in [6, 6.07) is 8.25. The lowest BCUT2D eigenvalue weighted by molar-refractivity contribution is 0.249. The Morgan fingerprint density at radius 2 is 2.12 bits per heavy atom. The molecule has 2 N–H and O–H groups in total. The lowest BCUT2D eigenvalue weighted by atomic mass is 10.2. The molecule has 1 aromatic rings. The maximum atomic E-state index is 11.5. The summed E-state index contributed by atoms with van der Waals surface area (Å²) in [7, 11) is 0. The van der Waals surface area contributed by atoms with E-state index in [1.807, 2.05) is 13.0 Å². The van der Waals surface area contributed by atoms with Gasteiger partial charge in [0, 0.05) is 18.2 Å². The first-order chi connectivity index (χ1) is 8.15. The van der Waals surface area contributed by atoms with E-state index in [9.17, 15) is 4.79 Å². The number of urea groups is 1. The highest BCUT2D eigenvalue weighted by molar-refractivity contribution is 5.89. The van der Waals surface area contributed by atoms with Gasteiger partial charge in [0.25, 0.3) is 0 Å². The van der Waals surface area contributed by atoms with Crippen molar-refractivity contribution < 1.29 is 4.79 Å². The summed E-state index contributed by atoms with van der Waals surface area (Å²) < 4.78 is 0. The minimum absolute atomic E-state index is 0.0709. The average molecular weight is 227 g/mol. The summed E-state index contributed by atoms with van der Waals surface area (Å²) in [4.78, 5) is 11.5. The van der Waals surface area contributed by atoms with Crippen molar-refractivity contribution in [1.82, 2.24) is 5.32 Å². The summed E-state index contributed by atoms with van der Waals surface area (Å²) >= 11 is 0. The smallest absolute Gasteiger partial charge is 0.319 e. The van der Waals surface area contributed by atoms with E-state index in [2.05, 4.69) is 16.6 Å². The van der Waals surface area contributed by atoms with E-state index < -0.39 is 0 Å². The highest BCUT2D eigenvalue weighted by Gasteiger charge is 2.05. The lowest BCUT2D eigenvalue weighted by Gasteiger charge is -2.12. The number of rotatable bonds is 3. The van der Waals surface area contributed by atoms with Crippen molar-refractivity contribution >= 4 is 11.7 Å². The Labute approximate surface area is 101 Å². The average Bonchev–Trinajstić information content (AvgIpc) is 2.30. The van der Waals surface area contributed by atoms with Crippen LogP contribution in [0.5, 0.6) is 0 Å². The van der Waals surface area contributed by atoms with E-state index in [-0.39, 0.29) is 12.1 Å². The zero-order valence-corrected chi connectivity index (χ0v) is 9.53. The van der Waals surface area contributed by atoms with Crippen LogP contribution in [0.4, 0.5) is 10.5 Å². The Balaban J connectivity index is 2.51. The van der Waals surface area contributed by atoms with Gasteiger partial charge < -0.3 is 10.6 Å². The highest BCUT2D eigenvalue weighted by atomic mass is 16.2. The topological polar surface area (TPSA) is 64.9 Å². The summed E-state index contributed by atoms with van der Waals surface area (Å²) in [5, 5.41) is 14.0. The van der Waals surface area contributed by atoms with E-state index >= 15 is 0 Å². The number of amides is 2. The minimum Gasteiger partial charge on any atom is -0.334 e. The van der Waals surface area contributed by atoms with Crippen LogP contribution in [0.15, 0.2) is 24.3 Å². The van der Waals surface area contributed by atoms with Crippen LogP contribution in [0.2, 0.25) is 0 Å². The fourth-order valence-electron chi connectivity index (χ4n) is 1.25. The van der Waals surface area contributed by atoms with Crippen LogP contribution in [0.25, 0.3) is 0 Å². The van der Waals surface area contributed by atoms with Gasteiger partial charge >= 0.3 is 6.03 Å². The molecule has 1 unspecified atom stereocenters. The highest BCUT2D eigenvalue weighted by Crippen LogP contribution is 2.08. The van der Waals surface area contributed by atoms with Crippen LogP contribution in [0.1, 0.15) is 18.9 Å². The van der Waals surface area contributed by atoms with Crippen LogP contribution in [0, 0.1) is 23.7 Å². The van der Waals surface area contributed by atoms with Crippen LogP contribution >= 0.6 is 0 Å². The van der Waals surface area contributed by atoms with Gasteiger partial charge in [-0.2, -0.15) is 5.26 Å². The van der Waals surface area contributed by atoms with Gasteiger partial charge in [0.2, 0.25) is 0 Å². The molecule has 0 saturated heterocycles. The Kier molecular flexibility index (Phi) is 4.59. The SMILES string of the molecule is C#CCC(C)NC(=O)Nc1ccc(C#N)cc1. The number of nitrogens with one attached hydrogen (secondary N) is 2. The second-order valence-corrected chi connectivity index (χ2v) is 3.60. The van der Waals surface area contributed by atoms with Crippen molar-refractivity contribution in [3.63, 3.8) is 0 Å². The van der Waals surface area contributed by atoms with Gasteiger partial charge in [0.1, 0.15) is 0 Å². The van der Waals surface area contributed by atoms with E-state index in [0.717, 1.165) is 0 Å². The molecule has 2 amide bonds. The zero-order chi connectivity index (χ0) is 12.7. The van der Waals surface area contributed by atoms with Gasteiger partial charge in [0.05, 0.1) is 11.6 Å². The predicted molar refractivity (Wildman–Crippen MR) is 66.2 cm³/mol. The largest absolute Gasteiger partial charge is 0.334 e.